The first-order chi connectivity index (χ1) is 24.8. The molecule has 5 rings (SSSR count). The maximum atomic E-state index is 13.2. The molecule has 3 aromatic carbocycles. The van der Waals surface area contributed by atoms with Crippen molar-refractivity contribution in [1.82, 2.24) is 9.99 Å². The van der Waals surface area contributed by atoms with Crippen LogP contribution in [0.25, 0.3) is 21.8 Å². The average molecular weight is 718 g/mol. The molecule has 1 aromatic heterocycles. The molecule has 0 atom stereocenters. The number of rotatable bonds is 14. The molecule has 8 nitrogen and oxygen atoms in total. The van der Waals surface area contributed by atoms with E-state index in [1.807, 2.05) is 18.2 Å². The van der Waals surface area contributed by atoms with Crippen LogP contribution in [0.4, 0.5) is 0 Å². The zero-order chi connectivity index (χ0) is 35.9. The Morgan fingerprint density at radius 1 is 0.804 bits per heavy atom. The predicted molar refractivity (Wildman–Crippen MR) is 209 cm³/mol. The van der Waals surface area contributed by atoms with Crippen LogP contribution in [-0.4, -0.2) is 33.0 Å². The maximum Gasteiger partial charge on any atom is 0.328 e. The summed E-state index contributed by atoms with van der Waals surface area (Å²) in [6.07, 6.45) is 22.9. The minimum absolute atomic E-state index is 0.0917. The Bertz CT molecular complexity index is 1700. The zero-order valence-corrected chi connectivity index (χ0v) is 31.4. The molecule has 0 radical (unpaired) electrons. The van der Waals surface area contributed by atoms with Crippen LogP contribution in [0.15, 0.2) is 60.7 Å². The van der Waals surface area contributed by atoms with Gasteiger partial charge in [-0.1, -0.05) is 120 Å². The predicted octanol–water partition coefficient (Wildman–Crippen LogP) is 10.0. The molecule has 1 aliphatic rings. The molecule has 0 bridgehead atoms. The maximum absolute atomic E-state index is 13.2. The Balaban J connectivity index is 1.48. The number of carbonyl (C=O) groups excluding carboxylic acids is 1. The molecule has 4 aromatic rings. The summed E-state index contributed by atoms with van der Waals surface area (Å²) in [6.45, 7) is 0.793. The van der Waals surface area contributed by atoms with Gasteiger partial charge in [-0.2, -0.15) is 0 Å². The van der Waals surface area contributed by atoms with Gasteiger partial charge in [0.15, 0.2) is 0 Å². The van der Waals surface area contributed by atoms with Crippen LogP contribution >= 0.6 is 7.60 Å². The molecular formula is C42H60N3O5P. The van der Waals surface area contributed by atoms with E-state index >= 15 is 0 Å². The van der Waals surface area contributed by atoms with Crippen molar-refractivity contribution in [3.05, 3.63) is 77.4 Å². The highest BCUT2D eigenvalue weighted by atomic mass is 31.2. The lowest BCUT2D eigenvalue weighted by Crippen LogP contribution is -2.30. The van der Waals surface area contributed by atoms with E-state index in [2.05, 4.69) is 52.5 Å². The average Bonchev–Trinajstić information content (AvgIpc) is 3.44. The van der Waals surface area contributed by atoms with E-state index in [1.165, 1.54) is 89.0 Å². The summed E-state index contributed by atoms with van der Waals surface area (Å²) in [7, 11) is -4.21. The van der Waals surface area contributed by atoms with Crippen molar-refractivity contribution in [2.24, 2.45) is 11.8 Å². The zero-order valence-electron chi connectivity index (χ0n) is 30.5. The van der Waals surface area contributed by atoms with Crippen molar-refractivity contribution in [3.63, 3.8) is 0 Å². The highest BCUT2D eigenvalue weighted by molar-refractivity contribution is 7.51. The number of fused-ring (bicyclic) bond motifs is 3. The number of hydrogen-bond donors (Lipinski definition) is 4. The first-order valence-electron chi connectivity index (χ1n) is 19.6. The SMILES string of the molecule is NNC(=O)c1cccc2c1c1cc(OCCP(=O)(O)O)cc(CCCCCCc3ccccc3)c1n2CC1CCCCCCCCCCCCC1. The fourth-order valence-corrected chi connectivity index (χ4v) is 8.37. The molecule has 0 spiro atoms. The van der Waals surface area contributed by atoms with E-state index < -0.39 is 7.60 Å². The molecular weight excluding hydrogens is 657 g/mol. The third-order valence-electron chi connectivity index (χ3n) is 10.7. The van der Waals surface area contributed by atoms with Crippen LogP contribution in [0, 0.1) is 5.92 Å². The minimum Gasteiger partial charge on any atom is -0.493 e. The number of hydrazine groups is 1. The van der Waals surface area contributed by atoms with Gasteiger partial charge in [-0.15, -0.1) is 0 Å². The number of hydrogen-bond acceptors (Lipinski definition) is 4. The fourth-order valence-electron chi connectivity index (χ4n) is 8.04. The van der Waals surface area contributed by atoms with Gasteiger partial charge < -0.3 is 19.1 Å². The smallest absolute Gasteiger partial charge is 0.328 e. The van der Waals surface area contributed by atoms with Gasteiger partial charge in [0.05, 0.1) is 23.8 Å². The first-order valence-corrected chi connectivity index (χ1v) is 21.4. The second-order valence-electron chi connectivity index (χ2n) is 14.7. The van der Waals surface area contributed by atoms with Crippen LogP contribution in [0.1, 0.15) is 131 Å². The second-order valence-corrected chi connectivity index (χ2v) is 16.5. The number of aryl methyl sites for hydroxylation is 2. The monoisotopic (exact) mass is 717 g/mol. The van der Waals surface area contributed by atoms with Crippen molar-refractivity contribution in [2.45, 2.75) is 129 Å². The molecule has 5 N–H and O–H groups in total. The number of unbranched alkanes of at least 4 members (excludes halogenated alkanes) is 3. The lowest BCUT2D eigenvalue weighted by molar-refractivity contribution is 0.0955. The van der Waals surface area contributed by atoms with Gasteiger partial charge in [0.1, 0.15) is 5.75 Å². The lowest BCUT2D eigenvalue weighted by Gasteiger charge is -2.21. The summed E-state index contributed by atoms with van der Waals surface area (Å²) < 4.78 is 20.1. The van der Waals surface area contributed by atoms with Crippen molar-refractivity contribution < 1.29 is 23.9 Å². The highest BCUT2D eigenvalue weighted by Gasteiger charge is 2.23. The standard InChI is InChI=1S/C42H60N3O5P/c43-44-42(46)37-26-19-27-39-40(37)38-31-36(50-28-29-51(47,48)49)30-35(25-18-11-10-13-20-33-21-16-12-17-22-33)41(38)45(39)32-34-23-14-8-6-4-2-1-3-5-7-9-15-24-34/h12,16-17,19,21-22,26-27,30-31,34H,1-11,13-15,18,20,23-25,28-29,32,43H2,(H,44,46)(H2,47,48,49). The Hall–Kier alpha value is -3.16. The summed E-state index contributed by atoms with van der Waals surface area (Å²) in [5.41, 5.74) is 7.55. The second kappa shape index (κ2) is 20.2. The topological polar surface area (TPSA) is 127 Å². The molecule has 9 heteroatoms. The van der Waals surface area contributed by atoms with E-state index in [9.17, 15) is 19.1 Å². The highest BCUT2D eigenvalue weighted by Crippen LogP contribution is 2.39. The molecule has 1 fully saturated rings. The molecule has 51 heavy (non-hydrogen) atoms. The number of nitrogen functional groups attached to an aromatic ring is 1. The van der Waals surface area contributed by atoms with E-state index in [-0.39, 0.29) is 18.7 Å². The Labute approximate surface area is 304 Å². The largest absolute Gasteiger partial charge is 0.493 e. The van der Waals surface area contributed by atoms with E-state index in [0.29, 0.717) is 17.2 Å². The number of ether oxygens (including phenoxy) is 1. The first kappa shape index (κ1) is 39.1. The van der Waals surface area contributed by atoms with E-state index in [1.54, 1.807) is 0 Å². The molecule has 278 valence electrons. The van der Waals surface area contributed by atoms with Crippen molar-refractivity contribution in [2.75, 3.05) is 12.8 Å². The molecule has 1 heterocycles. The van der Waals surface area contributed by atoms with Gasteiger partial charge in [0.25, 0.3) is 5.91 Å². The van der Waals surface area contributed by atoms with E-state index in [4.69, 9.17) is 10.6 Å². The third-order valence-corrected chi connectivity index (χ3v) is 11.5. The fraction of sp³-hybridized carbons (Fsp3) is 0.548. The summed E-state index contributed by atoms with van der Waals surface area (Å²) >= 11 is 0. The van der Waals surface area contributed by atoms with Crippen LogP contribution in [-0.2, 0) is 24.0 Å². The molecule has 1 amide bonds. The van der Waals surface area contributed by atoms with Gasteiger partial charge in [-0.3, -0.25) is 14.8 Å². The lowest BCUT2D eigenvalue weighted by atomic mass is 9.93. The third kappa shape index (κ3) is 11.9. The van der Waals surface area contributed by atoms with Gasteiger partial charge in [-0.25, -0.2) is 5.84 Å². The Morgan fingerprint density at radius 2 is 1.43 bits per heavy atom. The van der Waals surface area contributed by atoms with Crippen molar-refractivity contribution >= 4 is 35.3 Å². The van der Waals surface area contributed by atoms with Crippen LogP contribution < -0.4 is 16.0 Å². The molecule has 1 saturated carbocycles. The van der Waals surface area contributed by atoms with E-state index in [0.717, 1.165) is 72.4 Å². The Morgan fingerprint density at radius 3 is 2.06 bits per heavy atom. The summed E-state index contributed by atoms with van der Waals surface area (Å²) in [5, 5.41) is 1.78. The Kier molecular flexibility index (Phi) is 15.5. The molecule has 0 saturated heterocycles. The quantitative estimate of drug-likeness (QED) is 0.0338. The normalized spacial score (nSPS) is 15.9. The summed E-state index contributed by atoms with van der Waals surface area (Å²) in [4.78, 5) is 32.2. The number of benzene rings is 3. The number of amides is 1. The molecule has 0 aliphatic heterocycles. The van der Waals surface area contributed by atoms with Gasteiger partial charge >= 0.3 is 7.60 Å². The van der Waals surface area contributed by atoms with Gasteiger partial charge in [-0.05, 0) is 79.8 Å². The summed E-state index contributed by atoms with van der Waals surface area (Å²) in [5.74, 6) is 6.46. The molecule has 1 aliphatic carbocycles. The summed E-state index contributed by atoms with van der Waals surface area (Å²) in [6, 6.07) is 20.6. The van der Waals surface area contributed by atoms with Gasteiger partial charge in [0, 0.05) is 22.8 Å². The molecule has 0 unspecified atom stereocenters. The van der Waals surface area contributed by atoms with Crippen molar-refractivity contribution in [3.8, 4) is 5.75 Å². The van der Waals surface area contributed by atoms with Crippen LogP contribution in [0.2, 0.25) is 0 Å². The number of nitrogens with zero attached hydrogens (tertiary/aromatic N) is 1. The van der Waals surface area contributed by atoms with Gasteiger partial charge in [0.2, 0.25) is 0 Å². The number of nitrogens with one attached hydrogen (secondary N) is 1. The minimum atomic E-state index is -4.21. The van der Waals surface area contributed by atoms with Crippen LogP contribution in [0.3, 0.4) is 0 Å². The van der Waals surface area contributed by atoms with Crippen molar-refractivity contribution in [1.29, 1.82) is 0 Å². The number of aromatic nitrogens is 1. The number of nitrogens with two attached hydrogens (primary N) is 1. The number of carbonyl (C=O) groups is 1. The van der Waals surface area contributed by atoms with Crippen LogP contribution in [0.5, 0.6) is 5.75 Å².